The van der Waals surface area contributed by atoms with Crippen molar-refractivity contribution in [3.8, 4) is 0 Å². The molecule has 3 heterocycles. The smallest absolute Gasteiger partial charge is 0.258 e. The van der Waals surface area contributed by atoms with Crippen molar-refractivity contribution in [3.63, 3.8) is 0 Å². The summed E-state index contributed by atoms with van der Waals surface area (Å²) in [7, 11) is 0. The second-order valence-electron chi connectivity index (χ2n) is 6.26. The minimum atomic E-state index is -0.322. The van der Waals surface area contributed by atoms with Gasteiger partial charge in [0.15, 0.2) is 0 Å². The average molecular weight is 385 g/mol. The van der Waals surface area contributed by atoms with E-state index in [1.54, 1.807) is 17.8 Å². The van der Waals surface area contributed by atoms with Gasteiger partial charge >= 0.3 is 0 Å². The Morgan fingerprint density at radius 3 is 2.96 bits per heavy atom. The Kier molecular flexibility index (Phi) is 4.09. The maximum Gasteiger partial charge on any atom is 0.258 e. The fraction of sp³-hybridized carbons (Fsp3) is 0.158. The van der Waals surface area contributed by atoms with Gasteiger partial charge in [0.1, 0.15) is 5.50 Å². The Balaban J connectivity index is 1.76. The molecule has 1 amide bonds. The van der Waals surface area contributed by atoms with Gasteiger partial charge in [-0.25, -0.2) is 0 Å². The minimum Gasteiger partial charge on any atom is -0.397 e. The number of aromatic nitrogens is 1. The number of benzene rings is 1. The normalized spacial score (nSPS) is 15.6. The second-order valence-corrected chi connectivity index (χ2v) is 7.58. The van der Waals surface area contributed by atoms with Gasteiger partial charge in [-0.15, -0.1) is 11.3 Å². The number of nitrogens with zero attached hydrogens (tertiary/aromatic N) is 1. The van der Waals surface area contributed by atoms with Crippen LogP contribution in [0.5, 0.6) is 0 Å². The third kappa shape index (κ3) is 2.62. The molecule has 0 radical (unpaired) electrons. The predicted molar refractivity (Wildman–Crippen MR) is 109 cm³/mol. The Labute approximate surface area is 159 Å². The first-order chi connectivity index (χ1) is 12.5. The summed E-state index contributed by atoms with van der Waals surface area (Å²) in [6.45, 7) is 3.87. The number of hydrogen-bond donors (Lipinski definition) is 3. The van der Waals surface area contributed by atoms with Gasteiger partial charge in [0.05, 0.1) is 27.2 Å². The van der Waals surface area contributed by atoms with Crippen molar-refractivity contribution < 1.29 is 4.79 Å². The Bertz CT molecular complexity index is 1070. The molecule has 1 aliphatic heterocycles. The third-order valence-corrected chi connectivity index (χ3v) is 5.92. The molecular formula is C19H17ClN4OS. The fourth-order valence-electron chi connectivity index (χ4n) is 3.04. The van der Waals surface area contributed by atoms with Crippen LogP contribution in [-0.2, 0) is 0 Å². The molecule has 1 aromatic carbocycles. The van der Waals surface area contributed by atoms with Crippen LogP contribution in [0.1, 0.15) is 38.1 Å². The lowest BCUT2D eigenvalue weighted by Gasteiger charge is -2.22. The number of halogens is 1. The summed E-state index contributed by atoms with van der Waals surface area (Å²) in [5.41, 5.74) is 12.1. The number of amides is 1. The van der Waals surface area contributed by atoms with E-state index in [2.05, 4.69) is 15.6 Å². The number of pyridine rings is 1. The highest BCUT2D eigenvalue weighted by atomic mass is 35.5. The van der Waals surface area contributed by atoms with Crippen LogP contribution in [0.2, 0.25) is 0 Å². The summed E-state index contributed by atoms with van der Waals surface area (Å²) in [6.07, 6.45) is 5.41. The van der Waals surface area contributed by atoms with Crippen LogP contribution in [-0.4, -0.2) is 10.9 Å². The van der Waals surface area contributed by atoms with E-state index in [0.717, 1.165) is 32.6 Å². The van der Waals surface area contributed by atoms with Crippen molar-refractivity contribution in [2.45, 2.75) is 19.3 Å². The maximum absolute atomic E-state index is 12.9. The number of fused-ring (bicyclic) bond motifs is 2. The van der Waals surface area contributed by atoms with Gasteiger partial charge < -0.3 is 16.4 Å². The first-order valence-corrected chi connectivity index (χ1v) is 9.42. The van der Waals surface area contributed by atoms with Crippen LogP contribution in [0.3, 0.4) is 0 Å². The van der Waals surface area contributed by atoms with E-state index in [4.69, 9.17) is 17.3 Å². The molecule has 7 heteroatoms. The number of hydrogen-bond acceptors (Lipinski definition) is 5. The first-order valence-electron chi connectivity index (χ1n) is 8.11. The van der Waals surface area contributed by atoms with E-state index in [9.17, 15) is 4.79 Å². The highest BCUT2D eigenvalue weighted by Gasteiger charge is 2.21. The van der Waals surface area contributed by atoms with E-state index in [1.807, 2.05) is 32.1 Å². The lowest BCUT2D eigenvalue weighted by atomic mass is 9.99. The third-order valence-electron chi connectivity index (χ3n) is 4.56. The van der Waals surface area contributed by atoms with Gasteiger partial charge in [-0.05, 0) is 42.8 Å². The number of rotatable bonds is 2. The Hall–Kier alpha value is -2.57. The lowest BCUT2D eigenvalue weighted by Crippen LogP contribution is -2.19. The maximum atomic E-state index is 12.9. The fourth-order valence-corrected chi connectivity index (χ4v) is 4.32. The highest BCUT2D eigenvalue weighted by Crippen LogP contribution is 2.35. The summed E-state index contributed by atoms with van der Waals surface area (Å²) >= 11 is 7.75. The molecule has 132 valence electrons. The van der Waals surface area contributed by atoms with Crippen molar-refractivity contribution in [1.82, 2.24) is 10.3 Å². The zero-order valence-corrected chi connectivity index (χ0v) is 15.8. The SMILES string of the molecule is Cc1ccc2c(c1NC(=O)c1csc3c(N)c(C)cnc13)C=CNC2Cl. The summed E-state index contributed by atoms with van der Waals surface area (Å²) < 4.78 is 0.840. The molecule has 26 heavy (non-hydrogen) atoms. The standard InChI is InChI=1S/C19H17ClN4OS/c1-9-3-4-12-11(5-6-22-18(12)20)15(9)24-19(25)13-8-26-17-14(21)10(2)7-23-16(13)17/h3-8,18,22H,1-2H3,(H2,21,23)(H,24,25). The second kappa shape index (κ2) is 6.30. The molecular weight excluding hydrogens is 368 g/mol. The number of nitrogens with two attached hydrogens (primary N) is 1. The molecule has 0 spiro atoms. The van der Waals surface area contributed by atoms with Crippen LogP contribution in [0.25, 0.3) is 16.3 Å². The van der Waals surface area contributed by atoms with Crippen molar-refractivity contribution >= 4 is 56.5 Å². The van der Waals surface area contributed by atoms with Crippen LogP contribution < -0.4 is 16.4 Å². The van der Waals surface area contributed by atoms with E-state index < -0.39 is 0 Å². The molecule has 0 saturated carbocycles. The van der Waals surface area contributed by atoms with Crippen molar-refractivity contribution in [1.29, 1.82) is 0 Å². The van der Waals surface area contributed by atoms with Gasteiger partial charge in [0.25, 0.3) is 5.91 Å². The van der Waals surface area contributed by atoms with Crippen molar-refractivity contribution in [2.24, 2.45) is 0 Å². The number of nitrogen functional groups attached to an aromatic ring is 1. The van der Waals surface area contributed by atoms with E-state index in [0.29, 0.717) is 16.8 Å². The van der Waals surface area contributed by atoms with E-state index in [1.165, 1.54) is 11.3 Å². The number of carbonyl (C=O) groups is 1. The number of alkyl halides is 1. The molecule has 4 rings (SSSR count). The predicted octanol–water partition coefficient (Wildman–Crippen LogP) is 4.56. The monoisotopic (exact) mass is 384 g/mol. The van der Waals surface area contributed by atoms with Crippen LogP contribution in [0.15, 0.2) is 29.9 Å². The molecule has 3 aromatic rings. The number of anilines is 2. The van der Waals surface area contributed by atoms with Crippen LogP contribution in [0, 0.1) is 13.8 Å². The molecule has 0 bridgehead atoms. The summed E-state index contributed by atoms with van der Waals surface area (Å²) in [5.74, 6) is -0.207. The summed E-state index contributed by atoms with van der Waals surface area (Å²) in [5, 5.41) is 7.89. The molecule has 1 aliphatic rings. The quantitative estimate of drug-likeness (QED) is 0.447. The number of aryl methyl sites for hydroxylation is 2. The van der Waals surface area contributed by atoms with Gasteiger partial charge in [0.2, 0.25) is 0 Å². The molecule has 4 N–H and O–H groups in total. The van der Waals surface area contributed by atoms with Crippen molar-refractivity contribution in [3.05, 3.63) is 57.7 Å². The lowest BCUT2D eigenvalue weighted by molar-refractivity contribution is 0.102. The van der Waals surface area contributed by atoms with Crippen LogP contribution in [0.4, 0.5) is 11.4 Å². The van der Waals surface area contributed by atoms with Gasteiger partial charge in [-0.2, -0.15) is 0 Å². The molecule has 5 nitrogen and oxygen atoms in total. The van der Waals surface area contributed by atoms with Crippen LogP contribution >= 0.6 is 22.9 Å². The minimum absolute atomic E-state index is 0.207. The number of nitrogens with one attached hydrogen (secondary N) is 2. The zero-order chi connectivity index (χ0) is 18.4. The number of carbonyl (C=O) groups excluding carboxylic acids is 1. The summed E-state index contributed by atoms with van der Waals surface area (Å²) in [4.78, 5) is 17.4. The average Bonchev–Trinajstić information content (AvgIpc) is 3.05. The molecule has 2 aromatic heterocycles. The first kappa shape index (κ1) is 16.9. The van der Waals surface area contributed by atoms with Gasteiger partial charge in [0, 0.05) is 17.1 Å². The van der Waals surface area contributed by atoms with Gasteiger partial charge in [-0.3, -0.25) is 9.78 Å². The molecule has 1 atom stereocenters. The topological polar surface area (TPSA) is 80.0 Å². The Morgan fingerprint density at radius 1 is 1.35 bits per heavy atom. The summed E-state index contributed by atoms with van der Waals surface area (Å²) in [6, 6.07) is 3.93. The van der Waals surface area contributed by atoms with Gasteiger partial charge in [-0.1, -0.05) is 23.7 Å². The van der Waals surface area contributed by atoms with E-state index >= 15 is 0 Å². The highest BCUT2D eigenvalue weighted by molar-refractivity contribution is 7.18. The Morgan fingerprint density at radius 2 is 2.15 bits per heavy atom. The number of thiophene rings is 1. The molecule has 1 unspecified atom stereocenters. The molecule has 0 aliphatic carbocycles. The zero-order valence-electron chi connectivity index (χ0n) is 14.3. The van der Waals surface area contributed by atoms with Crippen molar-refractivity contribution in [2.75, 3.05) is 11.1 Å². The largest absolute Gasteiger partial charge is 0.397 e. The van der Waals surface area contributed by atoms with E-state index in [-0.39, 0.29) is 11.4 Å². The molecule has 0 saturated heterocycles. The molecule has 0 fully saturated rings.